The van der Waals surface area contributed by atoms with Gasteiger partial charge >= 0.3 is 0 Å². The number of rotatable bonds is 5. The summed E-state index contributed by atoms with van der Waals surface area (Å²) in [6.45, 7) is 9.89. The second-order valence-corrected chi connectivity index (χ2v) is 6.21. The molecule has 0 aromatic heterocycles. The van der Waals surface area contributed by atoms with Crippen molar-refractivity contribution >= 4 is 0 Å². The van der Waals surface area contributed by atoms with Crippen molar-refractivity contribution in [2.24, 2.45) is 11.1 Å². The molecule has 0 fully saturated rings. The number of nitrogens with two attached hydrogens (primary N) is 1. The van der Waals surface area contributed by atoms with E-state index in [-0.39, 0.29) is 5.41 Å². The van der Waals surface area contributed by atoms with Gasteiger partial charge in [0.15, 0.2) is 0 Å². The monoisotopic (exact) mass is 248 g/mol. The molecular formula is C16H28N2. The number of hydrogen-bond acceptors (Lipinski definition) is 2. The Morgan fingerprint density at radius 3 is 2.17 bits per heavy atom. The van der Waals surface area contributed by atoms with Crippen molar-refractivity contribution in [1.82, 2.24) is 4.90 Å². The Labute approximate surface area is 112 Å². The molecule has 0 bridgehead atoms. The van der Waals surface area contributed by atoms with E-state index in [1.54, 1.807) is 0 Å². The lowest BCUT2D eigenvalue weighted by atomic mass is 9.85. The first-order valence-corrected chi connectivity index (χ1v) is 6.85. The van der Waals surface area contributed by atoms with Crippen LogP contribution < -0.4 is 5.73 Å². The van der Waals surface area contributed by atoms with E-state index in [0.717, 1.165) is 13.0 Å². The molecule has 2 N–H and O–H groups in total. The van der Waals surface area contributed by atoms with Crippen molar-refractivity contribution in [3.05, 3.63) is 35.9 Å². The average Bonchev–Trinajstić information content (AvgIpc) is 2.34. The summed E-state index contributed by atoms with van der Waals surface area (Å²) in [5.41, 5.74) is 7.42. The van der Waals surface area contributed by atoms with Crippen LogP contribution in [0.5, 0.6) is 0 Å². The molecular weight excluding hydrogens is 220 g/mol. The van der Waals surface area contributed by atoms with Gasteiger partial charge < -0.3 is 5.73 Å². The predicted octanol–water partition coefficient (Wildman–Crippen LogP) is 3.44. The van der Waals surface area contributed by atoms with Crippen molar-refractivity contribution in [3.8, 4) is 0 Å². The molecule has 2 unspecified atom stereocenters. The molecule has 1 aromatic carbocycles. The van der Waals surface area contributed by atoms with Gasteiger partial charge in [-0.2, -0.15) is 0 Å². The van der Waals surface area contributed by atoms with E-state index in [1.807, 2.05) is 0 Å². The standard InChI is InChI=1S/C16H28N2/c1-13(16(2,3)4)18(5)15(11-12-17)14-9-7-6-8-10-14/h6-10,13,15H,11-12,17H2,1-5H3. The molecule has 0 radical (unpaired) electrons. The lowest BCUT2D eigenvalue weighted by Crippen LogP contribution is -2.42. The van der Waals surface area contributed by atoms with E-state index >= 15 is 0 Å². The zero-order valence-corrected chi connectivity index (χ0v) is 12.5. The minimum atomic E-state index is 0.274. The molecule has 2 heteroatoms. The number of benzene rings is 1. The second kappa shape index (κ2) is 6.35. The van der Waals surface area contributed by atoms with Gasteiger partial charge in [0, 0.05) is 12.1 Å². The Balaban J connectivity index is 2.92. The molecule has 0 heterocycles. The molecule has 1 aromatic rings. The van der Waals surface area contributed by atoms with Crippen molar-refractivity contribution in [3.63, 3.8) is 0 Å². The Kier molecular flexibility index (Phi) is 5.36. The van der Waals surface area contributed by atoms with Crippen LogP contribution in [0.4, 0.5) is 0 Å². The highest BCUT2D eigenvalue weighted by molar-refractivity contribution is 5.19. The molecule has 0 spiro atoms. The van der Waals surface area contributed by atoms with Crippen LogP contribution in [0.15, 0.2) is 30.3 Å². The molecule has 0 saturated carbocycles. The highest BCUT2D eigenvalue weighted by Crippen LogP contribution is 2.31. The lowest BCUT2D eigenvalue weighted by molar-refractivity contribution is 0.0935. The Bertz CT molecular complexity index is 340. The third kappa shape index (κ3) is 3.82. The minimum absolute atomic E-state index is 0.274. The molecule has 0 saturated heterocycles. The van der Waals surface area contributed by atoms with E-state index in [4.69, 9.17) is 5.73 Å². The Morgan fingerprint density at radius 2 is 1.72 bits per heavy atom. The normalized spacial score (nSPS) is 15.7. The molecule has 0 amide bonds. The van der Waals surface area contributed by atoms with Crippen LogP contribution in [-0.4, -0.2) is 24.5 Å². The first kappa shape index (κ1) is 15.2. The molecule has 0 aliphatic rings. The van der Waals surface area contributed by atoms with Crippen molar-refractivity contribution in [2.75, 3.05) is 13.6 Å². The van der Waals surface area contributed by atoms with Crippen LogP contribution in [0.25, 0.3) is 0 Å². The van der Waals surface area contributed by atoms with Gasteiger partial charge in [-0.3, -0.25) is 4.90 Å². The molecule has 18 heavy (non-hydrogen) atoms. The second-order valence-electron chi connectivity index (χ2n) is 6.21. The van der Waals surface area contributed by atoms with Crippen molar-refractivity contribution in [1.29, 1.82) is 0 Å². The van der Waals surface area contributed by atoms with E-state index in [9.17, 15) is 0 Å². The molecule has 1 rings (SSSR count). The van der Waals surface area contributed by atoms with E-state index in [2.05, 4.69) is 70.0 Å². The van der Waals surface area contributed by atoms with Gasteiger partial charge in [-0.15, -0.1) is 0 Å². The fourth-order valence-corrected chi connectivity index (χ4v) is 2.32. The van der Waals surface area contributed by atoms with Gasteiger partial charge in [0.05, 0.1) is 0 Å². The van der Waals surface area contributed by atoms with Gasteiger partial charge in [0.25, 0.3) is 0 Å². The molecule has 102 valence electrons. The van der Waals surface area contributed by atoms with Gasteiger partial charge in [0.2, 0.25) is 0 Å². The summed E-state index contributed by atoms with van der Waals surface area (Å²) >= 11 is 0. The average molecular weight is 248 g/mol. The summed E-state index contributed by atoms with van der Waals surface area (Å²) in [5, 5.41) is 0. The van der Waals surface area contributed by atoms with Crippen LogP contribution >= 0.6 is 0 Å². The Hall–Kier alpha value is -0.860. The summed E-state index contributed by atoms with van der Waals surface area (Å²) in [4.78, 5) is 2.46. The quantitative estimate of drug-likeness (QED) is 0.865. The maximum atomic E-state index is 5.79. The summed E-state index contributed by atoms with van der Waals surface area (Å²) in [6.07, 6.45) is 1.00. The number of hydrogen-bond donors (Lipinski definition) is 1. The molecule has 2 atom stereocenters. The van der Waals surface area contributed by atoms with Gasteiger partial charge in [-0.1, -0.05) is 51.1 Å². The van der Waals surface area contributed by atoms with Gasteiger partial charge in [-0.25, -0.2) is 0 Å². The van der Waals surface area contributed by atoms with E-state index in [0.29, 0.717) is 12.1 Å². The molecule has 0 aliphatic carbocycles. The van der Waals surface area contributed by atoms with Gasteiger partial charge in [0.1, 0.15) is 0 Å². The Morgan fingerprint density at radius 1 is 1.17 bits per heavy atom. The SMILES string of the molecule is CC(N(C)C(CCN)c1ccccc1)C(C)(C)C. The maximum Gasteiger partial charge on any atom is 0.0360 e. The van der Waals surface area contributed by atoms with Gasteiger partial charge in [-0.05, 0) is 37.9 Å². The zero-order chi connectivity index (χ0) is 13.8. The van der Waals surface area contributed by atoms with E-state index < -0.39 is 0 Å². The summed E-state index contributed by atoms with van der Waals surface area (Å²) < 4.78 is 0. The fourth-order valence-electron chi connectivity index (χ4n) is 2.32. The summed E-state index contributed by atoms with van der Waals surface area (Å²) in [7, 11) is 2.21. The summed E-state index contributed by atoms with van der Waals surface area (Å²) in [6, 6.07) is 11.6. The first-order valence-electron chi connectivity index (χ1n) is 6.85. The van der Waals surface area contributed by atoms with Crippen LogP contribution in [0.2, 0.25) is 0 Å². The van der Waals surface area contributed by atoms with Crippen LogP contribution in [-0.2, 0) is 0 Å². The third-order valence-corrected chi connectivity index (χ3v) is 3.98. The highest BCUT2D eigenvalue weighted by atomic mass is 15.2. The molecule has 2 nitrogen and oxygen atoms in total. The zero-order valence-electron chi connectivity index (χ0n) is 12.5. The summed E-state index contributed by atoms with van der Waals surface area (Å²) in [5.74, 6) is 0. The smallest absolute Gasteiger partial charge is 0.0360 e. The van der Waals surface area contributed by atoms with Crippen molar-refractivity contribution < 1.29 is 0 Å². The van der Waals surface area contributed by atoms with Crippen LogP contribution in [0, 0.1) is 5.41 Å². The maximum absolute atomic E-state index is 5.79. The third-order valence-electron chi connectivity index (χ3n) is 3.98. The lowest BCUT2D eigenvalue weighted by Gasteiger charge is -2.40. The number of nitrogens with zero attached hydrogens (tertiary/aromatic N) is 1. The van der Waals surface area contributed by atoms with Crippen LogP contribution in [0.3, 0.4) is 0 Å². The van der Waals surface area contributed by atoms with Crippen molar-refractivity contribution in [2.45, 2.75) is 46.2 Å². The first-order chi connectivity index (χ1) is 8.38. The topological polar surface area (TPSA) is 29.3 Å². The minimum Gasteiger partial charge on any atom is -0.330 e. The fraction of sp³-hybridized carbons (Fsp3) is 0.625. The highest BCUT2D eigenvalue weighted by Gasteiger charge is 2.28. The predicted molar refractivity (Wildman–Crippen MR) is 79.5 cm³/mol. The molecule has 0 aliphatic heterocycles. The van der Waals surface area contributed by atoms with E-state index in [1.165, 1.54) is 5.56 Å². The van der Waals surface area contributed by atoms with Crippen LogP contribution in [0.1, 0.15) is 45.7 Å². The largest absolute Gasteiger partial charge is 0.330 e.